The summed E-state index contributed by atoms with van der Waals surface area (Å²) >= 11 is 1.26. The van der Waals surface area contributed by atoms with Crippen LogP contribution in [0.4, 0.5) is 14.6 Å². The molecule has 9 heteroatoms. The highest BCUT2D eigenvalue weighted by molar-refractivity contribution is 8.00. The van der Waals surface area contributed by atoms with Crippen LogP contribution in [0.25, 0.3) is 5.69 Å². The van der Waals surface area contributed by atoms with Gasteiger partial charge in [-0.25, -0.2) is 13.5 Å². The molecule has 0 radical (unpaired) electrons. The van der Waals surface area contributed by atoms with E-state index in [1.165, 1.54) is 28.8 Å². The van der Waals surface area contributed by atoms with Crippen molar-refractivity contribution in [1.29, 1.82) is 0 Å². The highest BCUT2D eigenvalue weighted by atomic mass is 32.2. The Bertz CT molecular complexity index is 1310. The maximum atomic E-state index is 15.2. The van der Waals surface area contributed by atoms with Crippen LogP contribution in [0, 0.1) is 18.6 Å². The molecule has 1 N–H and O–H groups in total. The fraction of sp³-hybridized carbons (Fsp3) is 0.393. The van der Waals surface area contributed by atoms with Gasteiger partial charge in [-0.3, -0.25) is 14.5 Å². The lowest BCUT2D eigenvalue weighted by molar-refractivity contribution is -0.122. The Kier molecular flexibility index (Phi) is 7.73. The van der Waals surface area contributed by atoms with Crippen molar-refractivity contribution in [2.45, 2.75) is 51.7 Å². The van der Waals surface area contributed by atoms with Crippen LogP contribution in [0.2, 0.25) is 0 Å². The van der Waals surface area contributed by atoms with E-state index in [1.54, 1.807) is 4.68 Å². The molecule has 0 unspecified atom stereocenters. The van der Waals surface area contributed by atoms with E-state index in [-0.39, 0.29) is 29.7 Å². The Morgan fingerprint density at radius 3 is 2.49 bits per heavy atom. The third kappa shape index (κ3) is 5.56. The summed E-state index contributed by atoms with van der Waals surface area (Å²) in [5.74, 6) is -1.47. The number of thioether (sulfide) groups is 1. The van der Waals surface area contributed by atoms with Crippen LogP contribution in [0.5, 0.6) is 0 Å². The zero-order chi connectivity index (χ0) is 26.9. The molecule has 3 aromatic rings. The number of nitrogens with zero attached hydrogens (tertiary/aromatic N) is 3. The molecule has 1 aliphatic rings. The van der Waals surface area contributed by atoms with E-state index in [0.717, 1.165) is 18.1 Å². The molecule has 0 aliphatic carbocycles. The van der Waals surface area contributed by atoms with Crippen molar-refractivity contribution >= 4 is 29.4 Å². The molecule has 6 nitrogen and oxygen atoms in total. The molecule has 4 rings (SSSR count). The van der Waals surface area contributed by atoms with Crippen LogP contribution >= 0.6 is 11.8 Å². The molecule has 0 spiro atoms. The van der Waals surface area contributed by atoms with Crippen molar-refractivity contribution in [3.05, 3.63) is 76.5 Å². The van der Waals surface area contributed by atoms with Crippen molar-refractivity contribution in [1.82, 2.24) is 15.1 Å². The van der Waals surface area contributed by atoms with Crippen LogP contribution in [-0.2, 0) is 15.0 Å². The fourth-order valence-electron chi connectivity index (χ4n) is 4.36. The first-order valence-electron chi connectivity index (χ1n) is 12.3. The zero-order valence-electron chi connectivity index (χ0n) is 21.8. The number of aromatic nitrogens is 2. The van der Waals surface area contributed by atoms with Gasteiger partial charge in [0.1, 0.15) is 24.0 Å². The Balaban J connectivity index is 2.01. The lowest BCUT2D eigenvalue weighted by Crippen LogP contribution is -2.42. The van der Waals surface area contributed by atoms with Crippen LogP contribution < -0.4 is 10.2 Å². The van der Waals surface area contributed by atoms with Gasteiger partial charge in [-0.2, -0.15) is 5.10 Å². The zero-order valence-corrected chi connectivity index (χ0v) is 22.6. The summed E-state index contributed by atoms with van der Waals surface area (Å²) in [5.41, 5.74) is 2.90. The fourth-order valence-corrected chi connectivity index (χ4v) is 5.58. The average molecular weight is 527 g/mol. The summed E-state index contributed by atoms with van der Waals surface area (Å²) in [6, 6.07) is 11.2. The molecular formula is C28H32F2N4O2S. The molecule has 1 atom stereocenters. The maximum Gasteiger partial charge on any atom is 0.240 e. The number of fused-ring (bicyclic) bond motifs is 1. The van der Waals surface area contributed by atoms with Crippen LogP contribution in [0.3, 0.4) is 0 Å². The predicted octanol–water partition coefficient (Wildman–Crippen LogP) is 5.45. The largest absolute Gasteiger partial charge is 0.355 e. The van der Waals surface area contributed by atoms with E-state index in [4.69, 9.17) is 5.10 Å². The van der Waals surface area contributed by atoms with Gasteiger partial charge in [0, 0.05) is 29.2 Å². The van der Waals surface area contributed by atoms with Crippen molar-refractivity contribution in [2.24, 2.45) is 0 Å². The maximum absolute atomic E-state index is 15.2. The molecule has 1 aliphatic heterocycles. The van der Waals surface area contributed by atoms with Gasteiger partial charge in [-0.1, -0.05) is 51.5 Å². The third-order valence-corrected chi connectivity index (χ3v) is 7.43. The SMILES string of the molecule is CCCNC(=O)CN1C(=O)CS[C@@H](c2ccc(F)cc2F)c2c(C(C)(C)C)nn(-c3ccc(C)cc3)c21. The van der Waals surface area contributed by atoms with Gasteiger partial charge in [0.25, 0.3) is 0 Å². The van der Waals surface area contributed by atoms with Gasteiger partial charge in [-0.15, -0.1) is 11.8 Å². The number of amides is 2. The second-order valence-corrected chi connectivity index (χ2v) is 11.4. The molecule has 37 heavy (non-hydrogen) atoms. The van der Waals surface area contributed by atoms with E-state index < -0.39 is 22.3 Å². The molecule has 196 valence electrons. The van der Waals surface area contributed by atoms with Gasteiger partial charge in [0.2, 0.25) is 11.8 Å². The molecule has 2 amide bonds. The average Bonchev–Trinajstić information content (AvgIpc) is 3.17. The molecule has 0 saturated heterocycles. The van der Waals surface area contributed by atoms with Gasteiger partial charge in [0.15, 0.2) is 0 Å². The van der Waals surface area contributed by atoms with Gasteiger partial charge in [0.05, 0.1) is 22.4 Å². The van der Waals surface area contributed by atoms with Crippen molar-refractivity contribution in [3.63, 3.8) is 0 Å². The Labute approximate surface area is 220 Å². The summed E-state index contributed by atoms with van der Waals surface area (Å²) in [7, 11) is 0. The number of carbonyl (C=O) groups excluding carboxylic acids is 2. The molecule has 1 aromatic heterocycles. The summed E-state index contributed by atoms with van der Waals surface area (Å²) in [4.78, 5) is 27.8. The number of nitrogens with one attached hydrogen (secondary N) is 1. The smallest absolute Gasteiger partial charge is 0.240 e. The molecule has 2 aromatic carbocycles. The lowest BCUT2D eigenvalue weighted by atomic mass is 9.87. The minimum absolute atomic E-state index is 0.0225. The Hall–Kier alpha value is -3.20. The summed E-state index contributed by atoms with van der Waals surface area (Å²) in [5, 5.41) is 7.18. The first-order chi connectivity index (χ1) is 17.5. The molecule has 0 saturated carbocycles. The van der Waals surface area contributed by atoms with Gasteiger partial charge >= 0.3 is 0 Å². The van der Waals surface area contributed by atoms with Crippen LogP contribution in [-0.4, -0.2) is 40.4 Å². The van der Waals surface area contributed by atoms with Gasteiger partial charge < -0.3 is 5.32 Å². The normalized spacial score (nSPS) is 15.9. The number of halogens is 2. The number of anilines is 1. The van der Waals surface area contributed by atoms with Crippen molar-refractivity contribution in [3.8, 4) is 5.69 Å². The number of hydrogen-bond acceptors (Lipinski definition) is 4. The molecular weight excluding hydrogens is 494 g/mol. The summed E-state index contributed by atoms with van der Waals surface area (Å²) in [6.07, 6.45) is 0.766. The second kappa shape index (κ2) is 10.7. The highest BCUT2D eigenvalue weighted by Crippen LogP contribution is 2.49. The van der Waals surface area contributed by atoms with Crippen molar-refractivity contribution < 1.29 is 18.4 Å². The summed E-state index contributed by atoms with van der Waals surface area (Å²) < 4.78 is 30.7. The van der Waals surface area contributed by atoms with E-state index in [0.29, 0.717) is 29.3 Å². The van der Waals surface area contributed by atoms with E-state index >= 15 is 4.39 Å². The quantitative estimate of drug-likeness (QED) is 0.464. The standard InChI is InChI=1S/C28H32F2N4O2S/c1-6-13-31-22(35)15-33-23(36)16-37-25(20-12-9-18(29)14-21(20)30)24-26(28(3,4)5)32-34(27(24)33)19-10-7-17(2)8-11-19/h7-12,14,25H,6,13,15-16H2,1-5H3,(H,31,35)/t25-/m0/s1. The van der Waals surface area contributed by atoms with E-state index in [1.807, 2.05) is 58.9 Å². The molecule has 2 heterocycles. The van der Waals surface area contributed by atoms with Crippen LogP contribution in [0.1, 0.15) is 61.7 Å². The number of hydrogen-bond donors (Lipinski definition) is 1. The Morgan fingerprint density at radius 1 is 1.16 bits per heavy atom. The first-order valence-corrected chi connectivity index (χ1v) is 13.4. The number of benzene rings is 2. The van der Waals surface area contributed by atoms with Crippen LogP contribution in [0.15, 0.2) is 42.5 Å². The van der Waals surface area contributed by atoms with Crippen molar-refractivity contribution in [2.75, 3.05) is 23.7 Å². The minimum Gasteiger partial charge on any atom is -0.355 e. The molecule has 0 fully saturated rings. The highest BCUT2D eigenvalue weighted by Gasteiger charge is 2.40. The minimum atomic E-state index is -0.687. The lowest BCUT2D eigenvalue weighted by Gasteiger charge is -2.24. The molecule has 0 bridgehead atoms. The summed E-state index contributed by atoms with van der Waals surface area (Å²) in [6.45, 7) is 10.2. The third-order valence-electron chi connectivity index (χ3n) is 6.20. The first kappa shape index (κ1) is 26.9. The second-order valence-electron chi connectivity index (χ2n) is 10.3. The number of rotatable bonds is 6. The number of carbonyl (C=O) groups is 2. The van der Waals surface area contributed by atoms with Gasteiger partial charge in [-0.05, 0) is 31.5 Å². The number of aryl methyl sites for hydroxylation is 1. The topological polar surface area (TPSA) is 67.2 Å². The predicted molar refractivity (Wildman–Crippen MR) is 143 cm³/mol. The van der Waals surface area contributed by atoms with E-state index in [2.05, 4.69) is 5.32 Å². The van der Waals surface area contributed by atoms with E-state index in [9.17, 15) is 14.0 Å². The Morgan fingerprint density at radius 2 is 1.86 bits per heavy atom. The monoisotopic (exact) mass is 526 g/mol.